The van der Waals surface area contributed by atoms with E-state index in [0.717, 1.165) is 38.9 Å². The molecule has 0 N–H and O–H groups in total. The van der Waals surface area contributed by atoms with Crippen LogP contribution in [0.3, 0.4) is 0 Å². The average molecular weight is 400 g/mol. The van der Waals surface area contributed by atoms with Crippen molar-refractivity contribution in [3.05, 3.63) is 35.5 Å². The first-order chi connectivity index (χ1) is 13.9. The quantitative estimate of drug-likeness (QED) is 0.780. The summed E-state index contributed by atoms with van der Waals surface area (Å²) < 4.78 is 16.1. The number of aryl methyl sites for hydroxylation is 1. The number of piperidine rings is 1. The van der Waals surface area contributed by atoms with Crippen LogP contribution in [0.25, 0.3) is 0 Å². The molecule has 1 amide bonds. The maximum Gasteiger partial charge on any atom is 0.257 e. The first-order valence-corrected chi connectivity index (χ1v) is 9.96. The van der Waals surface area contributed by atoms with Gasteiger partial charge in [0.25, 0.3) is 5.91 Å². The van der Waals surface area contributed by atoms with E-state index in [2.05, 4.69) is 22.1 Å². The monoisotopic (exact) mass is 400 g/mol. The summed E-state index contributed by atoms with van der Waals surface area (Å²) in [7, 11) is 5.28. The molecule has 2 saturated heterocycles. The highest BCUT2D eigenvalue weighted by Crippen LogP contribution is 2.48. The Balaban J connectivity index is 1.44. The number of carbonyl (C=O) groups excluding carboxylic acids is 1. The number of hydrogen-bond acceptors (Lipinski definition) is 7. The lowest BCUT2D eigenvalue weighted by molar-refractivity contribution is 0.0590. The Labute approximate surface area is 170 Å². The van der Waals surface area contributed by atoms with Crippen molar-refractivity contribution in [2.24, 2.45) is 5.41 Å². The van der Waals surface area contributed by atoms with Gasteiger partial charge < -0.3 is 18.9 Å². The summed E-state index contributed by atoms with van der Waals surface area (Å²) in [5.41, 5.74) is 0.759. The number of methoxy groups -OCH3 is 2. The maximum absolute atomic E-state index is 13.1. The largest absolute Gasteiger partial charge is 0.497 e. The minimum absolute atomic E-state index is 0.00906. The van der Waals surface area contributed by atoms with Crippen molar-refractivity contribution in [3.63, 3.8) is 0 Å². The molecule has 3 heterocycles. The molecule has 1 spiro atoms. The van der Waals surface area contributed by atoms with Gasteiger partial charge in [0.1, 0.15) is 11.5 Å². The van der Waals surface area contributed by atoms with Crippen LogP contribution in [0.4, 0.5) is 0 Å². The predicted octanol–water partition coefficient (Wildman–Crippen LogP) is 2.69. The molecule has 156 valence electrons. The third-order valence-corrected chi connectivity index (χ3v) is 6.32. The molecule has 4 rings (SSSR count). The minimum atomic E-state index is 0.00906. The van der Waals surface area contributed by atoms with Crippen molar-refractivity contribution < 1.29 is 18.8 Å². The summed E-state index contributed by atoms with van der Waals surface area (Å²) >= 11 is 0. The molecule has 2 fully saturated rings. The van der Waals surface area contributed by atoms with Crippen LogP contribution < -0.4 is 9.47 Å². The third kappa shape index (κ3) is 3.69. The number of aromatic nitrogens is 2. The fraction of sp³-hybridized carbons (Fsp3) is 0.571. The van der Waals surface area contributed by atoms with Gasteiger partial charge in [-0.1, -0.05) is 5.16 Å². The molecular weight excluding hydrogens is 372 g/mol. The van der Waals surface area contributed by atoms with Crippen LogP contribution >= 0.6 is 0 Å². The van der Waals surface area contributed by atoms with Gasteiger partial charge in [0.2, 0.25) is 5.89 Å². The SMILES string of the molecule is COc1ccc(C(=O)N2CCC3(CC2)C[C@@H](c2nc(C)no2)N(C)C3)c(OC)c1. The smallest absolute Gasteiger partial charge is 0.257 e. The lowest BCUT2D eigenvalue weighted by atomic mass is 9.76. The summed E-state index contributed by atoms with van der Waals surface area (Å²) in [6.45, 7) is 4.29. The molecule has 1 atom stereocenters. The average Bonchev–Trinajstić information content (AvgIpc) is 3.30. The minimum Gasteiger partial charge on any atom is -0.497 e. The van der Waals surface area contributed by atoms with Crippen LogP contribution in [0.1, 0.15) is 47.4 Å². The molecule has 29 heavy (non-hydrogen) atoms. The van der Waals surface area contributed by atoms with Crippen molar-refractivity contribution in [2.75, 3.05) is 40.9 Å². The van der Waals surface area contributed by atoms with E-state index in [1.807, 2.05) is 11.8 Å². The van der Waals surface area contributed by atoms with E-state index in [4.69, 9.17) is 14.0 Å². The van der Waals surface area contributed by atoms with Gasteiger partial charge in [0.05, 0.1) is 25.8 Å². The van der Waals surface area contributed by atoms with Crippen LogP contribution in [-0.4, -0.2) is 66.7 Å². The van der Waals surface area contributed by atoms with Gasteiger partial charge in [-0.3, -0.25) is 9.69 Å². The topological polar surface area (TPSA) is 80.9 Å². The molecule has 0 bridgehead atoms. The zero-order chi connectivity index (χ0) is 20.6. The van der Waals surface area contributed by atoms with Crippen molar-refractivity contribution in [1.29, 1.82) is 0 Å². The second-order valence-corrected chi connectivity index (χ2v) is 8.17. The molecule has 2 aromatic rings. The summed E-state index contributed by atoms with van der Waals surface area (Å²) in [4.78, 5) is 21.8. The van der Waals surface area contributed by atoms with E-state index >= 15 is 0 Å². The molecule has 0 saturated carbocycles. The summed E-state index contributed by atoms with van der Waals surface area (Å²) in [5, 5.41) is 3.94. The van der Waals surface area contributed by atoms with Gasteiger partial charge >= 0.3 is 0 Å². The van der Waals surface area contributed by atoms with Gasteiger partial charge in [-0.2, -0.15) is 4.98 Å². The van der Waals surface area contributed by atoms with Crippen LogP contribution in [-0.2, 0) is 0 Å². The standard InChI is InChI=1S/C21H28N4O4/c1-14-22-19(29-23-14)17-12-21(13-24(17)2)7-9-25(10-8-21)20(26)16-6-5-15(27-3)11-18(16)28-4/h5-6,11,17H,7-10,12-13H2,1-4H3/t17-/m0/s1. The van der Waals surface area contributed by atoms with Crippen molar-refractivity contribution in [2.45, 2.75) is 32.2 Å². The van der Waals surface area contributed by atoms with Gasteiger partial charge in [-0.15, -0.1) is 0 Å². The Hall–Kier alpha value is -2.61. The summed E-state index contributed by atoms with van der Waals surface area (Å²) in [6.07, 6.45) is 2.91. The lowest BCUT2D eigenvalue weighted by Gasteiger charge is -2.39. The third-order valence-electron chi connectivity index (χ3n) is 6.32. The number of carbonyl (C=O) groups is 1. The van der Waals surface area contributed by atoms with E-state index in [1.54, 1.807) is 32.4 Å². The molecule has 0 aliphatic carbocycles. The second kappa shape index (κ2) is 7.67. The number of ether oxygens (including phenoxy) is 2. The fourth-order valence-corrected chi connectivity index (χ4v) is 4.69. The zero-order valence-corrected chi connectivity index (χ0v) is 17.5. The summed E-state index contributed by atoms with van der Waals surface area (Å²) in [6, 6.07) is 5.48. The lowest BCUT2D eigenvalue weighted by Crippen LogP contribution is -2.44. The van der Waals surface area contributed by atoms with E-state index in [9.17, 15) is 4.79 Å². The Bertz CT molecular complexity index is 889. The highest BCUT2D eigenvalue weighted by Gasteiger charge is 2.47. The second-order valence-electron chi connectivity index (χ2n) is 8.17. The first kappa shape index (κ1) is 19.7. The van der Waals surface area contributed by atoms with Crippen LogP contribution in [0.2, 0.25) is 0 Å². The van der Waals surface area contributed by atoms with E-state index < -0.39 is 0 Å². The Morgan fingerprint density at radius 2 is 2.00 bits per heavy atom. The Morgan fingerprint density at radius 1 is 1.24 bits per heavy atom. The predicted molar refractivity (Wildman–Crippen MR) is 106 cm³/mol. The van der Waals surface area contributed by atoms with Gasteiger partial charge in [-0.05, 0) is 50.8 Å². The van der Waals surface area contributed by atoms with E-state index in [-0.39, 0.29) is 17.4 Å². The first-order valence-electron chi connectivity index (χ1n) is 9.96. The van der Waals surface area contributed by atoms with Crippen LogP contribution in [0, 0.1) is 12.3 Å². The van der Waals surface area contributed by atoms with Gasteiger partial charge in [0, 0.05) is 25.7 Å². The fourth-order valence-electron chi connectivity index (χ4n) is 4.69. The van der Waals surface area contributed by atoms with Crippen molar-refractivity contribution >= 4 is 5.91 Å². The highest BCUT2D eigenvalue weighted by atomic mass is 16.5. The molecule has 1 aromatic heterocycles. The molecule has 2 aliphatic rings. The maximum atomic E-state index is 13.1. The van der Waals surface area contributed by atoms with Crippen LogP contribution in [0.15, 0.2) is 22.7 Å². The van der Waals surface area contributed by atoms with Crippen LogP contribution in [0.5, 0.6) is 11.5 Å². The number of hydrogen-bond donors (Lipinski definition) is 0. The molecular formula is C21H28N4O4. The van der Waals surface area contributed by atoms with Gasteiger partial charge in [-0.25, -0.2) is 0 Å². The Kier molecular flexibility index (Phi) is 5.21. The Morgan fingerprint density at radius 3 is 2.62 bits per heavy atom. The van der Waals surface area contributed by atoms with E-state index in [1.165, 1.54) is 0 Å². The molecule has 2 aliphatic heterocycles. The molecule has 1 aromatic carbocycles. The molecule has 0 radical (unpaired) electrons. The number of amides is 1. The van der Waals surface area contributed by atoms with E-state index in [0.29, 0.717) is 28.8 Å². The number of likely N-dealkylation sites (tertiary alicyclic amines) is 2. The molecule has 8 heteroatoms. The number of rotatable bonds is 4. The van der Waals surface area contributed by atoms with Crippen molar-refractivity contribution in [1.82, 2.24) is 19.9 Å². The molecule has 0 unspecified atom stereocenters. The zero-order valence-electron chi connectivity index (χ0n) is 17.5. The van der Waals surface area contributed by atoms with Gasteiger partial charge in [0.15, 0.2) is 5.82 Å². The highest BCUT2D eigenvalue weighted by molar-refractivity contribution is 5.97. The normalized spacial score (nSPS) is 21.5. The summed E-state index contributed by atoms with van der Waals surface area (Å²) in [5.74, 6) is 2.59. The van der Waals surface area contributed by atoms with Crippen molar-refractivity contribution in [3.8, 4) is 11.5 Å². The number of nitrogens with zero attached hydrogens (tertiary/aromatic N) is 4. The number of benzene rings is 1. The molecule has 8 nitrogen and oxygen atoms in total.